The average molecular weight is 386 g/mol. The maximum absolute atomic E-state index is 13.5. The number of halogens is 1. The third-order valence-corrected chi connectivity index (χ3v) is 4.52. The van der Waals surface area contributed by atoms with Crippen LogP contribution in [0.4, 0.5) is 10.2 Å². The third-order valence-electron chi connectivity index (χ3n) is 4.52. The number of anilines is 1. The number of aromatic nitrogens is 2. The number of carbonyl (C=O) groups is 1. The lowest BCUT2D eigenvalue weighted by atomic mass is 10.2. The summed E-state index contributed by atoms with van der Waals surface area (Å²) in [6.45, 7) is 2.33. The molecule has 148 valence electrons. The summed E-state index contributed by atoms with van der Waals surface area (Å²) in [5, 5.41) is 3.36. The van der Waals surface area contributed by atoms with Crippen molar-refractivity contribution in [3.05, 3.63) is 53.7 Å². The number of nitrogens with one attached hydrogen (secondary N) is 1. The van der Waals surface area contributed by atoms with Gasteiger partial charge in [-0.1, -0.05) is 0 Å². The first-order chi connectivity index (χ1) is 13.6. The van der Waals surface area contributed by atoms with Crippen LogP contribution < -0.4 is 10.1 Å². The van der Waals surface area contributed by atoms with E-state index < -0.39 is 5.97 Å². The minimum absolute atomic E-state index is 0.227. The van der Waals surface area contributed by atoms with E-state index in [4.69, 9.17) is 4.74 Å². The highest BCUT2D eigenvalue weighted by atomic mass is 19.1. The van der Waals surface area contributed by atoms with Gasteiger partial charge in [0.2, 0.25) is 0 Å². The Kier molecular flexibility index (Phi) is 6.54. The quantitative estimate of drug-likeness (QED) is 0.579. The number of carbonyl (C=O) groups excluding carboxylic acids is 1. The Morgan fingerprint density at radius 3 is 2.93 bits per heavy atom. The average Bonchev–Trinajstić information content (AvgIpc) is 3.14. The molecule has 1 aromatic carbocycles. The Morgan fingerprint density at radius 2 is 2.21 bits per heavy atom. The Balaban J connectivity index is 1.54. The van der Waals surface area contributed by atoms with E-state index in [0.29, 0.717) is 23.8 Å². The molecule has 1 saturated heterocycles. The number of methoxy groups -OCH3 is 2. The van der Waals surface area contributed by atoms with Gasteiger partial charge in [0.25, 0.3) is 0 Å². The molecule has 0 aliphatic carbocycles. The number of hydrogen-bond acceptors (Lipinski definition) is 7. The molecule has 0 bridgehead atoms. The predicted molar refractivity (Wildman–Crippen MR) is 103 cm³/mol. The second-order valence-corrected chi connectivity index (χ2v) is 6.50. The summed E-state index contributed by atoms with van der Waals surface area (Å²) in [7, 11) is 2.91. The molecule has 1 aliphatic heterocycles. The van der Waals surface area contributed by atoms with Crippen LogP contribution in [0.15, 0.2) is 36.7 Å². The van der Waals surface area contributed by atoms with Gasteiger partial charge in [0.15, 0.2) is 0 Å². The van der Waals surface area contributed by atoms with Crippen molar-refractivity contribution >= 4 is 17.9 Å². The van der Waals surface area contributed by atoms with Crippen LogP contribution in [0.5, 0.6) is 5.75 Å². The van der Waals surface area contributed by atoms with Crippen molar-refractivity contribution in [2.75, 3.05) is 32.6 Å². The number of esters is 1. The zero-order valence-corrected chi connectivity index (χ0v) is 15.9. The van der Waals surface area contributed by atoms with Crippen molar-refractivity contribution in [2.24, 2.45) is 0 Å². The van der Waals surface area contributed by atoms with Gasteiger partial charge in [-0.25, -0.2) is 14.2 Å². The van der Waals surface area contributed by atoms with E-state index in [9.17, 15) is 9.18 Å². The van der Waals surface area contributed by atoms with E-state index in [-0.39, 0.29) is 11.9 Å². The minimum atomic E-state index is -0.440. The van der Waals surface area contributed by atoms with Gasteiger partial charge in [0, 0.05) is 37.3 Å². The molecule has 0 spiro atoms. The van der Waals surface area contributed by atoms with Crippen molar-refractivity contribution in [3.8, 4) is 5.75 Å². The molecule has 0 saturated carbocycles. The molecule has 1 fully saturated rings. The van der Waals surface area contributed by atoms with Crippen LogP contribution in [0.25, 0.3) is 6.08 Å². The molecule has 0 radical (unpaired) electrons. The molecule has 1 N–H and O–H groups in total. The van der Waals surface area contributed by atoms with Gasteiger partial charge < -0.3 is 14.8 Å². The molecule has 28 heavy (non-hydrogen) atoms. The normalized spacial score (nSPS) is 17.0. The Hall–Kier alpha value is -3.00. The Labute approximate surface area is 163 Å². The molecule has 2 aromatic rings. The third kappa shape index (κ3) is 5.26. The fourth-order valence-corrected chi connectivity index (χ4v) is 3.13. The number of ether oxygens (including phenoxy) is 2. The van der Waals surface area contributed by atoms with Crippen molar-refractivity contribution in [1.82, 2.24) is 14.9 Å². The van der Waals surface area contributed by atoms with Gasteiger partial charge >= 0.3 is 5.97 Å². The largest absolute Gasteiger partial charge is 0.496 e. The number of nitrogens with zero attached hydrogens (tertiary/aromatic N) is 3. The van der Waals surface area contributed by atoms with Gasteiger partial charge in [-0.15, -0.1) is 0 Å². The van der Waals surface area contributed by atoms with Gasteiger partial charge in [0.1, 0.15) is 17.4 Å². The van der Waals surface area contributed by atoms with Crippen LogP contribution in [0.3, 0.4) is 0 Å². The Morgan fingerprint density at radius 1 is 1.36 bits per heavy atom. The van der Waals surface area contributed by atoms with E-state index >= 15 is 0 Å². The van der Waals surface area contributed by atoms with Crippen LogP contribution in [0, 0.1) is 5.82 Å². The lowest BCUT2D eigenvalue weighted by Crippen LogP contribution is -2.26. The van der Waals surface area contributed by atoms with Crippen LogP contribution >= 0.6 is 0 Å². The summed E-state index contributed by atoms with van der Waals surface area (Å²) >= 11 is 0. The van der Waals surface area contributed by atoms with Gasteiger partial charge in [-0.2, -0.15) is 0 Å². The van der Waals surface area contributed by atoms with E-state index in [1.807, 2.05) is 0 Å². The molecule has 8 heteroatoms. The molecule has 0 amide bonds. The van der Waals surface area contributed by atoms with Crippen molar-refractivity contribution in [2.45, 2.75) is 19.0 Å². The topological polar surface area (TPSA) is 76.6 Å². The summed E-state index contributed by atoms with van der Waals surface area (Å²) < 4.78 is 23.4. The highest BCUT2D eigenvalue weighted by molar-refractivity contribution is 5.86. The first-order valence-electron chi connectivity index (χ1n) is 8.96. The molecule has 3 rings (SSSR count). The predicted octanol–water partition coefficient (Wildman–Crippen LogP) is 2.50. The SMILES string of the molecule is COC(=O)/C=C/c1cnc(N[C@@H]2CCN(Cc3cc(F)ccc3OC)C2)cn1. The summed E-state index contributed by atoms with van der Waals surface area (Å²) in [5.41, 5.74) is 1.41. The molecule has 1 aliphatic rings. The molecule has 2 heterocycles. The van der Waals surface area contributed by atoms with Crippen LogP contribution in [0.1, 0.15) is 17.7 Å². The first-order valence-corrected chi connectivity index (χ1v) is 8.96. The van der Waals surface area contributed by atoms with E-state index in [0.717, 1.165) is 25.1 Å². The summed E-state index contributed by atoms with van der Waals surface area (Å²) in [5.74, 6) is 0.663. The molecular formula is C20H23FN4O3. The molecule has 7 nitrogen and oxygen atoms in total. The van der Waals surface area contributed by atoms with Crippen LogP contribution in [-0.2, 0) is 16.1 Å². The summed E-state index contributed by atoms with van der Waals surface area (Å²) in [4.78, 5) is 21.9. The fourth-order valence-electron chi connectivity index (χ4n) is 3.13. The van der Waals surface area contributed by atoms with Gasteiger partial charge in [-0.05, 0) is 30.7 Å². The monoisotopic (exact) mass is 386 g/mol. The maximum Gasteiger partial charge on any atom is 0.330 e. The smallest absolute Gasteiger partial charge is 0.330 e. The number of benzene rings is 1. The minimum Gasteiger partial charge on any atom is -0.496 e. The molecule has 1 aromatic heterocycles. The molecule has 0 unspecified atom stereocenters. The standard InChI is InChI=1S/C20H23FN4O3/c1-27-18-5-3-15(21)9-14(18)12-25-8-7-17(13-25)24-19-11-22-16(10-23-19)4-6-20(26)28-2/h3-6,9-11,17H,7-8,12-13H2,1-2H3,(H,23,24)/b6-4+/t17-/m1/s1. The van der Waals surface area contributed by atoms with E-state index in [2.05, 4.69) is 24.9 Å². The fraction of sp³-hybridized carbons (Fsp3) is 0.350. The number of hydrogen-bond donors (Lipinski definition) is 1. The van der Waals surface area contributed by atoms with E-state index in [1.54, 1.807) is 31.6 Å². The van der Waals surface area contributed by atoms with Crippen molar-refractivity contribution in [1.29, 1.82) is 0 Å². The van der Waals surface area contributed by atoms with Crippen LogP contribution in [0.2, 0.25) is 0 Å². The van der Waals surface area contributed by atoms with Crippen molar-refractivity contribution < 1.29 is 18.7 Å². The lowest BCUT2D eigenvalue weighted by Gasteiger charge is -2.18. The Bertz CT molecular complexity index is 842. The van der Waals surface area contributed by atoms with E-state index in [1.165, 1.54) is 25.3 Å². The summed E-state index contributed by atoms with van der Waals surface area (Å²) in [6, 6.07) is 4.80. The zero-order chi connectivity index (χ0) is 19.9. The second-order valence-electron chi connectivity index (χ2n) is 6.50. The number of rotatable bonds is 7. The van der Waals surface area contributed by atoms with Crippen LogP contribution in [-0.4, -0.2) is 54.2 Å². The van der Waals surface area contributed by atoms with Gasteiger partial charge in [0.05, 0.1) is 32.3 Å². The maximum atomic E-state index is 13.5. The molecule has 1 atom stereocenters. The summed E-state index contributed by atoms with van der Waals surface area (Å²) in [6.07, 6.45) is 7.02. The zero-order valence-electron chi connectivity index (χ0n) is 15.9. The highest BCUT2D eigenvalue weighted by Gasteiger charge is 2.23. The second kappa shape index (κ2) is 9.27. The molecular weight excluding hydrogens is 363 g/mol. The lowest BCUT2D eigenvalue weighted by molar-refractivity contribution is -0.134. The van der Waals surface area contributed by atoms with Crippen molar-refractivity contribution in [3.63, 3.8) is 0 Å². The van der Waals surface area contributed by atoms with Gasteiger partial charge in [-0.3, -0.25) is 9.88 Å². The highest BCUT2D eigenvalue weighted by Crippen LogP contribution is 2.23. The number of likely N-dealkylation sites (tertiary alicyclic amines) is 1. The first kappa shape index (κ1) is 19.8.